The van der Waals surface area contributed by atoms with Crippen LogP contribution in [-0.2, 0) is 18.0 Å². The number of aliphatic hydroxyl groups excluding tert-OH is 2. The minimum absolute atomic E-state index is 0.0252. The van der Waals surface area contributed by atoms with E-state index in [-0.39, 0.29) is 27.6 Å². The van der Waals surface area contributed by atoms with Gasteiger partial charge in [-0.25, -0.2) is 8.78 Å². The second-order valence-corrected chi connectivity index (χ2v) is 5.24. The molecule has 8 heteroatoms. The van der Waals surface area contributed by atoms with Crippen LogP contribution in [0.4, 0.5) is 14.5 Å². The van der Waals surface area contributed by atoms with Crippen LogP contribution in [0.3, 0.4) is 0 Å². The second kappa shape index (κ2) is 8.05. The lowest BCUT2D eigenvalue weighted by Crippen LogP contribution is -2.21. The highest BCUT2D eigenvalue weighted by Crippen LogP contribution is 2.26. The maximum absolute atomic E-state index is 13.3. The molecule has 128 valence electrons. The van der Waals surface area contributed by atoms with Crippen molar-refractivity contribution < 1.29 is 28.5 Å². The number of aliphatic hydroxyl groups is 2. The van der Waals surface area contributed by atoms with Gasteiger partial charge in [-0.2, -0.15) is 0 Å². The summed E-state index contributed by atoms with van der Waals surface area (Å²) in [7, 11) is 0. The van der Waals surface area contributed by atoms with Crippen molar-refractivity contribution in [2.24, 2.45) is 0 Å². The first kappa shape index (κ1) is 18.1. The second-order valence-electron chi connectivity index (χ2n) is 4.83. The fourth-order valence-electron chi connectivity index (χ4n) is 2.05. The molecule has 0 fully saturated rings. The lowest BCUT2D eigenvalue weighted by atomic mass is 10.1. The van der Waals surface area contributed by atoms with E-state index in [9.17, 15) is 23.8 Å². The summed E-state index contributed by atoms with van der Waals surface area (Å²) in [6.45, 7) is -1.52. The zero-order valence-corrected chi connectivity index (χ0v) is 13.1. The van der Waals surface area contributed by atoms with Gasteiger partial charge < -0.3 is 20.3 Å². The number of benzene rings is 2. The van der Waals surface area contributed by atoms with Crippen LogP contribution < -0.4 is 10.1 Å². The molecule has 0 saturated heterocycles. The third kappa shape index (κ3) is 4.41. The van der Waals surface area contributed by atoms with Crippen molar-refractivity contribution in [3.8, 4) is 5.75 Å². The largest absolute Gasteiger partial charge is 0.483 e. The molecule has 0 atom stereocenters. The minimum atomic E-state index is -0.641. The van der Waals surface area contributed by atoms with E-state index in [1.165, 1.54) is 6.07 Å². The van der Waals surface area contributed by atoms with Gasteiger partial charge in [-0.1, -0.05) is 11.6 Å². The molecular weight excluding hydrogens is 344 g/mol. The maximum Gasteiger partial charge on any atom is 0.262 e. The Morgan fingerprint density at radius 3 is 2.25 bits per heavy atom. The number of ether oxygens (including phenoxy) is 1. The molecule has 0 aromatic heterocycles. The van der Waals surface area contributed by atoms with Crippen molar-refractivity contribution in [1.29, 1.82) is 0 Å². The molecule has 24 heavy (non-hydrogen) atoms. The van der Waals surface area contributed by atoms with Gasteiger partial charge in [0.1, 0.15) is 17.4 Å². The summed E-state index contributed by atoms with van der Waals surface area (Å²) in [5.41, 5.74) is 0.411. The Hall–Kier alpha value is -2.22. The number of amides is 1. The molecule has 2 aromatic carbocycles. The van der Waals surface area contributed by atoms with Gasteiger partial charge in [0.25, 0.3) is 5.91 Å². The van der Waals surface area contributed by atoms with Crippen molar-refractivity contribution in [2.75, 3.05) is 11.9 Å². The van der Waals surface area contributed by atoms with Crippen molar-refractivity contribution in [2.45, 2.75) is 13.2 Å². The van der Waals surface area contributed by atoms with Crippen molar-refractivity contribution >= 4 is 23.2 Å². The fourth-order valence-corrected chi connectivity index (χ4v) is 2.26. The van der Waals surface area contributed by atoms with E-state index < -0.39 is 37.4 Å². The lowest BCUT2D eigenvalue weighted by molar-refractivity contribution is -0.118. The van der Waals surface area contributed by atoms with E-state index in [0.717, 1.165) is 24.3 Å². The summed E-state index contributed by atoms with van der Waals surface area (Å²) in [6, 6.07) is 5.57. The molecule has 2 aromatic rings. The number of hydrogen-bond donors (Lipinski definition) is 3. The minimum Gasteiger partial charge on any atom is -0.483 e. The lowest BCUT2D eigenvalue weighted by Gasteiger charge is -2.14. The maximum atomic E-state index is 13.3. The smallest absolute Gasteiger partial charge is 0.262 e. The molecule has 0 radical (unpaired) electrons. The standard InChI is InChI=1S/C16H14ClF2NO4/c17-13-5-11(18)1-2-14(13)20-15(23)8-24-16-9(6-21)3-12(19)4-10(16)7-22/h1-5,21-22H,6-8H2,(H,20,23). The summed E-state index contributed by atoms with van der Waals surface area (Å²) in [4.78, 5) is 11.9. The summed E-state index contributed by atoms with van der Waals surface area (Å²) in [5.74, 6) is -1.75. The zero-order valence-electron chi connectivity index (χ0n) is 12.4. The van der Waals surface area contributed by atoms with Crippen LogP contribution in [0.2, 0.25) is 5.02 Å². The average Bonchev–Trinajstić information content (AvgIpc) is 2.55. The molecular formula is C16H14ClF2NO4. The monoisotopic (exact) mass is 357 g/mol. The average molecular weight is 358 g/mol. The van der Waals surface area contributed by atoms with Gasteiger partial charge in [0.15, 0.2) is 6.61 Å². The topological polar surface area (TPSA) is 78.8 Å². The molecule has 0 bridgehead atoms. The Morgan fingerprint density at radius 2 is 1.71 bits per heavy atom. The Bertz CT molecular complexity index is 730. The third-order valence-corrected chi connectivity index (χ3v) is 3.41. The first-order valence-electron chi connectivity index (χ1n) is 6.85. The highest BCUT2D eigenvalue weighted by atomic mass is 35.5. The quantitative estimate of drug-likeness (QED) is 0.742. The van der Waals surface area contributed by atoms with Crippen LogP contribution in [-0.4, -0.2) is 22.7 Å². The summed E-state index contributed by atoms with van der Waals surface area (Å²) in [6.07, 6.45) is 0. The van der Waals surface area contributed by atoms with Gasteiger partial charge in [0.05, 0.1) is 23.9 Å². The van der Waals surface area contributed by atoms with Gasteiger partial charge in [-0.15, -0.1) is 0 Å². The van der Waals surface area contributed by atoms with E-state index in [2.05, 4.69) is 5.32 Å². The number of carbonyl (C=O) groups is 1. The zero-order chi connectivity index (χ0) is 17.7. The van der Waals surface area contributed by atoms with Crippen molar-refractivity contribution in [3.05, 3.63) is 58.1 Å². The van der Waals surface area contributed by atoms with Crippen LogP contribution in [0.5, 0.6) is 5.75 Å². The van der Waals surface area contributed by atoms with Crippen LogP contribution in [0.15, 0.2) is 30.3 Å². The summed E-state index contributed by atoms with van der Waals surface area (Å²) in [5, 5.41) is 20.9. The number of rotatable bonds is 6. The molecule has 0 aliphatic heterocycles. The van der Waals surface area contributed by atoms with E-state index in [1.54, 1.807) is 0 Å². The molecule has 2 rings (SSSR count). The SMILES string of the molecule is O=C(COc1c(CO)cc(F)cc1CO)Nc1ccc(F)cc1Cl. The summed E-state index contributed by atoms with van der Waals surface area (Å²) >= 11 is 5.80. The Labute approximate surface area is 141 Å². The van der Waals surface area contributed by atoms with E-state index in [0.29, 0.717) is 0 Å². The summed E-state index contributed by atoms with van der Waals surface area (Å²) < 4.78 is 31.6. The first-order chi connectivity index (χ1) is 11.4. The predicted molar refractivity (Wildman–Crippen MR) is 83.8 cm³/mol. The number of carbonyl (C=O) groups excluding carboxylic acids is 1. The first-order valence-corrected chi connectivity index (χ1v) is 7.23. The molecule has 5 nitrogen and oxygen atoms in total. The Balaban J connectivity index is 2.09. The number of halogens is 3. The molecule has 0 unspecified atom stereocenters. The molecule has 3 N–H and O–H groups in total. The van der Waals surface area contributed by atoms with Crippen molar-refractivity contribution in [3.63, 3.8) is 0 Å². The molecule has 0 aliphatic carbocycles. The highest BCUT2D eigenvalue weighted by Gasteiger charge is 2.14. The number of nitrogens with one attached hydrogen (secondary N) is 1. The van der Waals surface area contributed by atoms with Gasteiger partial charge in [0, 0.05) is 11.1 Å². The van der Waals surface area contributed by atoms with Gasteiger partial charge in [-0.3, -0.25) is 4.79 Å². The van der Waals surface area contributed by atoms with Gasteiger partial charge >= 0.3 is 0 Å². The molecule has 0 aliphatic rings. The van der Waals surface area contributed by atoms with Gasteiger partial charge in [0.2, 0.25) is 0 Å². The van der Waals surface area contributed by atoms with Crippen LogP contribution in [0.25, 0.3) is 0 Å². The Kier molecular flexibility index (Phi) is 6.08. The van der Waals surface area contributed by atoms with E-state index in [4.69, 9.17) is 16.3 Å². The van der Waals surface area contributed by atoms with Crippen LogP contribution in [0, 0.1) is 11.6 Å². The van der Waals surface area contributed by atoms with Crippen LogP contribution in [0.1, 0.15) is 11.1 Å². The fraction of sp³-hybridized carbons (Fsp3) is 0.188. The van der Waals surface area contributed by atoms with E-state index >= 15 is 0 Å². The van der Waals surface area contributed by atoms with Gasteiger partial charge in [-0.05, 0) is 30.3 Å². The predicted octanol–water partition coefficient (Wildman–Crippen LogP) is 2.62. The molecule has 0 spiro atoms. The normalized spacial score (nSPS) is 10.5. The highest BCUT2D eigenvalue weighted by molar-refractivity contribution is 6.33. The number of hydrogen-bond acceptors (Lipinski definition) is 4. The Morgan fingerprint density at radius 1 is 1.08 bits per heavy atom. The van der Waals surface area contributed by atoms with Crippen molar-refractivity contribution in [1.82, 2.24) is 0 Å². The molecule has 0 saturated carbocycles. The molecule has 1 amide bonds. The van der Waals surface area contributed by atoms with Crippen LogP contribution >= 0.6 is 11.6 Å². The molecule has 0 heterocycles. The van der Waals surface area contributed by atoms with E-state index in [1.807, 2.05) is 0 Å². The third-order valence-electron chi connectivity index (χ3n) is 3.10. The number of anilines is 1.